The van der Waals surface area contributed by atoms with Crippen molar-refractivity contribution in [1.82, 2.24) is 24.4 Å². The van der Waals surface area contributed by atoms with Gasteiger partial charge in [-0.15, -0.1) is 0 Å². The summed E-state index contributed by atoms with van der Waals surface area (Å²) in [4.78, 5) is 23.4. The Labute approximate surface area is 460 Å². The number of anilines is 1. The normalized spacial score (nSPS) is 11.3. The number of benzene rings is 3. The van der Waals surface area contributed by atoms with E-state index < -0.39 is 5.54 Å². The maximum absolute atomic E-state index is 10.2. The van der Waals surface area contributed by atoms with Crippen LogP contribution in [-0.4, -0.2) is 41.9 Å². The molecule has 2 N–H and O–H groups in total. The van der Waals surface area contributed by atoms with Gasteiger partial charge in [0.2, 0.25) is 0 Å². The second kappa shape index (κ2) is 25.9. The van der Waals surface area contributed by atoms with Crippen molar-refractivity contribution in [3.63, 3.8) is 0 Å². The molecule has 0 aliphatic carbocycles. The predicted octanol–water partition coefficient (Wildman–Crippen LogP) is 10.7. The molecule has 3 aromatic carbocycles. The van der Waals surface area contributed by atoms with Crippen LogP contribution in [0, 0.1) is 76.2 Å². The third kappa shape index (κ3) is 21.3. The van der Waals surface area contributed by atoms with Crippen molar-refractivity contribution in [2.75, 3.05) is 5.32 Å². The number of aromatic nitrogens is 4. The molecule has 5 aromatic rings. The van der Waals surface area contributed by atoms with Crippen molar-refractivity contribution < 1.29 is 136 Å². The summed E-state index contributed by atoms with van der Waals surface area (Å²) in [5.41, 5.74) is 7.63. The van der Waals surface area contributed by atoms with Gasteiger partial charge in [0.15, 0.2) is 0 Å². The number of nitrogens with zero attached hydrogens (tertiary/aromatic N) is 5. The molecular formula is C45H60BrN7OY4-8. The molecule has 308 valence electrons. The maximum atomic E-state index is 10.2. The molecule has 0 saturated carbocycles. The fraction of sp³-hybridized carbons (Fsp3) is 0.333. The van der Waals surface area contributed by atoms with E-state index in [1.54, 1.807) is 13.8 Å². The standard InChI is InChI=1S/C13H17BrN2.2C13H16N2.C6H11NO.4Y/c1-9-6-7-12(11(14)8-9)15-10(2)16-13(3,4)5;2*1-9-6-7-11-12(8-9)15(10(2)14-11)13(3,4)5;1-5(8)7-6(2,3)4;;;;/h6-8H,2-3H2,1,4-5H3,(H,15,16);2*6-8H,2-3H2,1,4-5H3;1-2H2,3-4H3,(H,7,8);;;;/q4*-2;;;;. The zero-order valence-electron chi connectivity index (χ0n) is 36.7. The average molecular weight is 1150 g/mol. The Hall–Kier alpha value is -0.0844. The first kappa shape index (κ1) is 62.2. The summed E-state index contributed by atoms with van der Waals surface area (Å²) in [6.45, 7) is 52.7. The fourth-order valence-corrected chi connectivity index (χ4v) is 6.06. The van der Waals surface area contributed by atoms with Crippen LogP contribution in [0.15, 0.2) is 64.1 Å². The van der Waals surface area contributed by atoms with Gasteiger partial charge in [-0.25, -0.2) is 0 Å². The van der Waals surface area contributed by atoms with Gasteiger partial charge >= 0.3 is 0 Å². The Morgan fingerprint density at radius 1 is 0.655 bits per heavy atom. The molecular weight excluding hydrogens is 1090 g/mol. The van der Waals surface area contributed by atoms with E-state index in [4.69, 9.17) is 0 Å². The molecule has 4 radical (unpaired) electrons. The average Bonchev–Trinajstić information content (AvgIpc) is 3.47. The first-order chi connectivity index (χ1) is 24.5. The number of aryl methyl sites for hydroxylation is 3. The number of hydrogen-bond donors (Lipinski definition) is 2. The molecule has 0 saturated heterocycles. The zero-order chi connectivity index (χ0) is 41.6. The third-order valence-corrected chi connectivity index (χ3v) is 7.94. The van der Waals surface area contributed by atoms with Crippen LogP contribution in [0.3, 0.4) is 0 Å². The molecule has 58 heavy (non-hydrogen) atoms. The van der Waals surface area contributed by atoms with Gasteiger partial charge in [-0.05, 0) is 107 Å². The van der Waals surface area contributed by atoms with E-state index in [1.807, 2.05) is 51.1 Å². The molecule has 13 heteroatoms. The SMILES string of the molecule is [CH2-]C(=NC([CH2-])(C)C)Nc1ccc(C)cc1Br.[CH2-]C(=O)NC([CH2-])(C)C.[CH2-]c1nc2ccc(C)cc2n1C([CH2-])(C)C.[CH2-]c1nc2ccc(C)cc2n1C([CH2-])(C)C.[Y].[Y].[Y].[Y]. The van der Waals surface area contributed by atoms with Crippen LogP contribution in [0.5, 0.6) is 0 Å². The van der Waals surface area contributed by atoms with Crippen LogP contribution >= 0.6 is 15.9 Å². The van der Waals surface area contributed by atoms with Crippen molar-refractivity contribution in [2.24, 2.45) is 4.99 Å². The molecule has 2 heterocycles. The predicted molar refractivity (Wildman–Crippen MR) is 235 cm³/mol. The van der Waals surface area contributed by atoms with Crippen LogP contribution in [0.1, 0.15) is 83.7 Å². The largest absolute Gasteiger partial charge is 0.406 e. The number of nitrogens with one attached hydrogen (secondary N) is 2. The summed E-state index contributed by atoms with van der Waals surface area (Å²) in [6, 6.07) is 18.5. The first-order valence-corrected chi connectivity index (χ1v) is 18.4. The Morgan fingerprint density at radius 2 is 1.02 bits per heavy atom. The number of halogens is 1. The van der Waals surface area contributed by atoms with Gasteiger partial charge in [-0.2, -0.15) is 0 Å². The molecule has 1 amide bonds. The molecule has 0 spiro atoms. The van der Waals surface area contributed by atoms with Crippen molar-refractivity contribution in [1.29, 1.82) is 0 Å². The van der Waals surface area contributed by atoms with Gasteiger partial charge in [0.05, 0.1) is 33.7 Å². The molecule has 0 bridgehead atoms. The van der Waals surface area contributed by atoms with E-state index in [2.05, 4.69) is 172 Å². The van der Waals surface area contributed by atoms with E-state index in [-0.39, 0.29) is 153 Å². The number of imidazole rings is 2. The molecule has 8 nitrogen and oxygen atoms in total. The van der Waals surface area contributed by atoms with Crippen LogP contribution in [0.25, 0.3) is 22.1 Å². The second-order valence-corrected chi connectivity index (χ2v) is 17.1. The van der Waals surface area contributed by atoms with Crippen molar-refractivity contribution >= 4 is 55.4 Å². The van der Waals surface area contributed by atoms with E-state index in [1.165, 1.54) is 16.7 Å². The number of carbonyl (C=O) groups is 1. The molecule has 0 atom stereocenters. The summed E-state index contributed by atoms with van der Waals surface area (Å²) in [5.74, 6) is 1.88. The number of fused-ring (bicyclic) bond motifs is 2. The van der Waals surface area contributed by atoms with Gasteiger partial charge in [0.25, 0.3) is 0 Å². The van der Waals surface area contributed by atoms with Gasteiger partial charge in [0, 0.05) is 135 Å². The quantitative estimate of drug-likeness (QED) is 0.104. The first-order valence-electron chi connectivity index (χ1n) is 17.6. The van der Waals surface area contributed by atoms with E-state index in [0.29, 0.717) is 5.84 Å². The number of amides is 1. The molecule has 2 aromatic heterocycles. The van der Waals surface area contributed by atoms with Crippen LogP contribution in [-0.2, 0) is 147 Å². The summed E-state index contributed by atoms with van der Waals surface area (Å²) >= 11 is 3.49. The number of carbonyl (C=O) groups excluding carboxylic acids is 1. The van der Waals surface area contributed by atoms with Crippen LogP contribution in [0.4, 0.5) is 5.69 Å². The smallest absolute Gasteiger partial charge is 0.0855 e. The molecule has 0 aliphatic heterocycles. The van der Waals surface area contributed by atoms with Crippen molar-refractivity contribution in [2.45, 2.75) is 98.3 Å². The fourth-order valence-electron chi connectivity index (χ4n) is 5.47. The van der Waals surface area contributed by atoms with Crippen molar-refractivity contribution in [3.8, 4) is 0 Å². The summed E-state index contributed by atoms with van der Waals surface area (Å²) in [5, 5.41) is 5.67. The van der Waals surface area contributed by atoms with E-state index in [0.717, 1.165) is 43.9 Å². The molecule has 0 aliphatic rings. The Morgan fingerprint density at radius 3 is 1.31 bits per heavy atom. The van der Waals surface area contributed by atoms with Gasteiger partial charge in [-0.3, -0.25) is 9.97 Å². The van der Waals surface area contributed by atoms with Gasteiger partial charge < -0.3 is 84.9 Å². The topological polar surface area (TPSA) is 89.1 Å². The Bertz CT molecular complexity index is 1980. The Balaban J connectivity index is -0.000000696. The Kier molecular flexibility index (Phi) is 27.8. The van der Waals surface area contributed by atoms with Gasteiger partial charge in [-0.1, -0.05) is 95.7 Å². The molecule has 5 rings (SSSR count). The monoisotopic (exact) mass is 1150 g/mol. The minimum atomic E-state index is -0.390. The minimum absolute atomic E-state index is 0. The van der Waals surface area contributed by atoms with Gasteiger partial charge in [0.1, 0.15) is 0 Å². The molecule has 0 fully saturated rings. The number of aliphatic imine (C=N–C) groups is 1. The van der Waals surface area contributed by atoms with Crippen LogP contribution < -0.4 is 10.6 Å². The van der Waals surface area contributed by atoms with Crippen molar-refractivity contribution in [3.05, 3.63) is 143 Å². The minimum Gasteiger partial charge on any atom is -0.406 e. The number of amidine groups is 1. The molecule has 0 unspecified atom stereocenters. The maximum Gasteiger partial charge on any atom is 0.0855 e. The van der Waals surface area contributed by atoms with Crippen LogP contribution in [0.2, 0.25) is 0 Å². The van der Waals surface area contributed by atoms with E-state index in [9.17, 15) is 4.79 Å². The third-order valence-electron chi connectivity index (χ3n) is 7.29. The summed E-state index contributed by atoms with van der Waals surface area (Å²) in [6.07, 6.45) is 0. The number of hydrogen-bond acceptors (Lipinski definition) is 4. The zero-order valence-corrected chi connectivity index (χ0v) is 49.6. The number of rotatable bonds is 5. The summed E-state index contributed by atoms with van der Waals surface area (Å²) in [7, 11) is 0. The van der Waals surface area contributed by atoms with E-state index >= 15 is 0 Å². The second-order valence-electron chi connectivity index (χ2n) is 16.2. The summed E-state index contributed by atoms with van der Waals surface area (Å²) < 4.78 is 5.16.